The number of benzene rings is 3. The first-order valence-electron chi connectivity index (χ1n) is 8.71. The minimum atomic E-state index is -0.232. The molecule has 0 saturated heterocycles. The molecule has 0 unspecified atom stereocenters. The monoisotopic (exact) mass is 371 g/mol. The number of nitrogens with two attached hydrogens (primary N) is 2. The van der Waals surface area contributed by atoms with Crippen LogP contribution in [0.25, 0.3) is 11.1 Å². The average molecular weight is 371 g/mol. The van der Waals surface area contributed by atoms with E-state index in [9.17, 15) is 4.79 Å². The van der Waals surface area contributed by atoms with Gasteiger partial charge in [-0.2, -0.15) is 0 Å². The summed E-state index contributed by atoms with van der Waals surface area (Å²) in [5.41, 5.74) is 15.6. The van der Waals surface area contributed by atoms with Crippen molar-refractivity contribution in [3.8, 4) is 11.1 Å². The first-order chi connectivity index (χ1) is 13.5. The lowest BCUT2D eigenvalue weighted by Crippen LogP contribution is -2.23. The molecule has 0 atom stereocenters. The minimum absolute atomic E-state index is 0.0277. The smallest absolute Gasteiger partial charge is 0.251 e. The molecule has 6 heteroatoms. The van der Waals surface area contributed by atoms with Crippen LogP contribution in [0.5, 0.6) is 0 Å². The van der Waals surface area contributed by atoms with Gasteiger partial charge in [0.05, 0.1) is 0 Å². The summed E-state index contributed by atoms with van der Waals surface area (Å²) in [5.74, 6) is -0.279. The Hall–Kier alpha value is -3.93. The number of hydrogen-bond acceptors (Lipinski definition) is 3. The third-order valence-corrected chi connectivity index (χ3v) is 4.40. The van der Waals surface area contributed by atoms with Gasteiger partial charge >= 0.3 is 0 Å². The summed E-state index contributed by atoms with van der Waals surface area (Å²) in [6, 6.07) is 21.9. The molecule has 3 aromatic carbocycles. The van der Waals surface area contributed by atoms with E-state index in [0.29, 0.717) is 23.2 Å². The van der Waals surface area contributed by atoms with Gasteiger partial charge in [-0.15, -0.1) is 0 Å². The molecular weight excluding hydrogens is 350 g/mol. The molecule has 0 heterocycles. The van der Waals surface area contributed by atoms with Crippen LogP contribution in [0.15, 0.2) is 72.8 Å². The highest BCUT2D eigenvalue weighted by Crippen LogP contribution is 2.24. The number of amides is 1. The van der Waals surface area contributed by atoms with Gasteiger partial charge in [-0.25, -0.2) is 0 Å². The van der Waals surface area contributed by atoms with Gasteiger partial charge in [-0.05, 0) is 28.8 Å². The Morgan fingerprint density at radius 2 is 1.43 bits per heavy atom. The summed E-state index contributed by atoms with van der Waals surface area (Å²) in [7, 11) is 0. The van der Waals surface area contributed by atoms with Crippen molar-refractivity contribution in [3.05, 3.63) is 95.1 Å². The number of hydrogen-bond donors (Lipinski definition) is 5. The first-order valence-corrected chi connectivity index (χ1v) is 8.71. The van der Waals surface area contributed by atoms with Gasteiger partial charge in [-0.1, -0.05) is 60.7 Å². The van der Waals surface area contributed by atoms with E-state index in [-0.39, 0.29) is 17.6 Å². The lowest BCUT2D eigenvalue weighted by Gasteiger charge is -2.12. The Morgan fingerprint density at radius 3 is 2.11 bits per heavy atom. The molecular formula is C22H21N5O. The highest BCUT2D eigenvalue weighted by atomic mass is 16.1. The van der Waals surface area contributed by atoms with Crippen LogP contribution in [0.3, 0.4) is 0 Å². The van der Waals surface area contributed by atoms with Crippen molar-refractivity contribution in [2.45, 2.75) is 6.54 Å². The molecule has 0 aromatic heterocycles. The van der Waals surface area contributed by atoms with E-state index >= 15 is 0 Å². The van der Waals surface area contributed by atoms with Crippen LogP contribution in [0, 0.1) is 10.8 Å². The Bertz CT molecular complexity index is 1040. The molecule has 28 heavy (non-hydrogen) atoms. The first kappa shape index (κ1) is 18.8. The van der Waals surface area contributed by atoms with Crippen LogP contribution in [-0.2, 0) is 6.54 Å². The molecule has 3 rings (SSSR count). The maximum absolute atomic E-state index is 12.5. The second-order valence-corrected chi connectivity index (χ2v) is 6.33. The van der Waals surface area contributed by atoms with E-state index in [0.717, 1.165) is 16.7 Å². The van der Waals surface area contributed by atoms with Crippen molar-refractivity contribution in [3.63, 3.8) is 0 Å². The predicted molar refractivity (Wildman–Crippen MR) is 112 cm³/mol. The van der Waals surface area contributed by atoms with Crippen molar-refractivity contribution in [2.75, 3.05) is 0 Å². The van der Waals surface area contributed by atoms with Gasteiger partial charge < -0.3 is 16.8 Å². The number of nitrogen functional groups attached to an aromatic ring is 2. The average Bonchev–Trinajstić information content (AvgIpc) is 2.72. The highest BCUT2D eigenvalue weighted by molar-refractivity contribution is 6.00. The number of nitrogens with one attached hydrogen (secondary N) is 3. The predicted octanol–water partition coefficient (Wildman–Crippen LogP) is 2.85. The molecule has 0 aliphatic heterocycles. The van der Waals surface area contributed by atoms with Gasteiger partial charge in [0.2, 0.25) is 0 Å². The van der Waals surface area contributed by atoms with Gasteiger partial charge in [0.1, 0.15) is 11.7 Å². The normalized spacial score (nSPS) is 10.3. The Balaban J connectivity index is 1.78. The van der Waals surface area contributed by atoms with E-state index in [2.05, 4.69) is 5.32 Å². The summed E-state index contributed by atoms with van der Waals surface area (Å²) in [6.45, 7) is 0.355. The van der Waals surface area contributed by atoms with Gasteiger partial charge in [0.15, 0.2) is 0 Å². The van der Waals surface area contributed by atoms with Crippen molar-refractivity contribution in [1.82, 2.24) is 5.32 Å². The number of carbonyl (C=O) groups is 1. The van der Waals surface area contributed by atoms with Gasteiger partial charge in [0.25, 0.3) is 5.91 Å². The Labute approximate surface area is 163 Å². The largest absolute Gasteiger partial charge is 0.384 e. The summed E-state index contributed by atoms with van der Waals surface area (Å²) < 4.78 is 0. The molecule has 6 nitrogen and oxygen atoms in total. The van der Waals surface area contributed by atoms with E-state index in [4.69, 9.17) is 22.3 Å². The molecule has 140 valence electrons. The zero-order chi connectivity index (χ0) is 20.1. The zero-order valence-electron chi connectivity index (χ0n) is 15.2. The van der Waals surface area contributed by atoms with Crippen LogP contribution in [0.2, 0.25) is 0 Å². The molecule has 0 fully saturated rings. The lowest BCUT2D eigenvalue weighted by atomic mass is 9.98. The maximum Gasteiger partial charge on any atom is 0.251 e. The molecule has 7 N–H and O–H groups in total. The van der Waals surface area contributed by atoms with Gasteiger partial charge in [0, 0.05) is 23.2 Å². The molecule has 0 radical (unpaired) electrons. The zero-order valence-corrected chi connectivity index (χ0v) is 15.2. The summed E-state index contributed by atoms with van der Waals surface area (Å²) in [5, 5.41) is 17.9. The van der Waals surface area contributed by atoms with Crippen LogP contribution >= 0.6 is 0 Å². The van der Waals surface area contributed by atoms with E-state index in [1.54, 1.807) is 36.4 Å². The highest BCUT2D eigenvalue weighted by Gasteiger charge is 2.10. The number of amidine groups is 2. The molecule has 0 aliphatic rings. The molecule has 0 bridgehead atoms. The molecule has 0 aliphatic carbocycles. The minimum Gasteiger partial charge on any atom is -0.384 e. The number of rotatable bonds is 6. The van der Waals surface area contributed by atoms with Crippen molar-refractivity contribution in [1.29, 1.82) is 10.8 Å². The quantitative estimate of drug-likeness (QED) is 0.337. The van der Waals surface area contributed by atoms with Gasteiger partial charge in [-0.3, -0.25) is 15.6 Å². The summed E-state index contributed by atoms with van der Waals surface area (Å²) in [6.07, 6.45) is 0. The number of carbonyl (C=O) groups excluding carboxylic acids is 1. The fourth-order valence-corrected chi connectivity index (χ4v) is 2.89. The molecule has 3 aromatic rings. The second-order valence-electron chi connectivity index (χ2n) is 6.33. The van der Waals surface area contributed by atoms with Crippen LogP contribution in [0.4, 0.5) is 0 Å². The third-order valence-electron chi connectivity index (χ3n) is 4.40. The lowest BCUT2D eigenvalue weighted by molar-refractivity contribution is 0.0951. The Morgan fingerprint density at radius 1 is 0.786 bits per heavy atom. The standard InChI is InChI=1S/C22H21N5O/c23-20(24)15-10-8-14(9-11-15)19-7-2-1-4-18(19)13-27-22(28)17-6-3-5-16(12-17)21(25)26/h1-12H,13H2,(H3,23,24)(H3,25,26)(H,27,28). The topological polar surface area (TPSA) is 129 Å². The molecule has 0 spiro atoms. The third kappa shape index (κ3) is 4.24. The van der Waals surface area contributed by atoms with Crippen molar-refractivity contribution < 1.29 is 4.79 Å². The van der Waals surface area contributed by atoms with E-state index in [1.807, 2.05) is 36.4 Å². The molecule has 0 saturated carbocycles. The molecule has 1 amide bonds. The summed E-state index contributed by atoms with van der Waals surface area (Å²) in [4.78, 5) is 12.5. The summed E-state index contributed by atoms with van der Waals surface area (Å²) >= 11 is 0. The van der Waals surface area contributed by atoms with Crippen LogP contribution in [0.1, 0.15) is 27.0 Å². The van der Waals surface area contributed by atoms with E-state index in [1.165, 1.54) is 0 Å². The second kappa shape index (κ2) is 8.18. The van der Waals surface area contributed by atoms with E-state index < -0.39 is 0 Å². The van der Waals surface area contributed by atoms with Crippen LogP contribution < -0.4 is 16.8 Å². The maximum atomic E-state index is 12.5. The van der Waals surface area contributed by atoms with Crippen molar-refractivity contribution >= 4 is 17.6 Å². The SMILES string of the molecule is N=C(N)c1ccc(-c2ccccc2CNC(=O)c2cccc(C(=N)N)c2)cc1. The fraction of sp³-hybridized carbons (Fsp3) is 0.0455. The fourth-order valence-electron chi connectivity index (χ4n) is 2.89. The van der Waals surface area contributed by atoms with Crippen molar-refractivity contribution in [2.24, 2.45) is 11.5 Å². The van der Waals surface area contributed by atoms with Crippen LogP contribution in [-0.4, -0.2) is 17.6 Å². The Kier molecular flexibility index (Phi) is 5.50.